The van der Waals surface area contributed by atoms with E-state index in [0.29, 0.717) is 0 Å². The van der Waals surface area contributed by atoms with E-state index in [1.54, 1.807) is 0 Å². The van der Waals surface area contributed by atoms with Crippen LogP contribution in [0.1, 0.15) is 0 Å². The van der Waals surface area contributed by atoms with E-state index >= 15 is 0 Å². The average Bonchev–Trinajstić information content (AvgIpc) is 0. The minimum Gasteiger partial charge on any atom is -0.412 e. The van der Waals surface area contributed by atoms with Gasteiger partial charge in [0.2, 0.25) is 0 Å². The summed E-state index contributed by atoms with van der Waals surface area (Å²) in [5.41, 5.74) is 0. The van der Waals surface area contributed by atoms with Gasteiger partial charge in [0.05, 0.1) is 0 Å². The van der Waals surface area contributed by atoms with Crippen molar-refractivity contribution in [2.45, 2.75) is 0 Å². The van der Waals surface area contributed by atoms with Gasteiger partial charge in [-0.2, -0.15) is 0 Å². The summed E-state index contributed by atoms with van der Waals surface area (Å²) in [6.45, 7) is 0. The normalized spacial score (nSPS) is 0. The molecule has 0 aromatic carbocycles. The van der Waals surface area contributed by atoms with Crippen molar-refractivity contribution in [1.29, 1.82) is 0 Å². The van der Waals surface area contributed by atoms with Crippen LogP contribution in [0.15, 0.2) is 0 Å². The van der Waals surface area contributed by atoms with E-state index in [-0.39, 0.29) is 79.2 Å². The molecule has 5 heteroatoms. The molecule has 0 heterocycles. The molecule has 1 nitrogen and oxygen atoms in total. The predicted octanol–water partition coefficient (Wildman–Crippen LogP) is -2.93. The van der Waals surface area contributed by atoms with Gasteiger partial charge in [-0.05, 0) is 0 Å². The molecule has 0 amide bonds. The third-order valence-corrected chi connectivity index (χ3v) is 0. The topological polar surface area (TPSA) is 31.5 Å². The van der Waals surface area contributed by atoms with Gasteiger partial charge in [-0.15, -0.1) is 0 Å². The van der Waals surface area contributed by atoms with Gasteiger partial charge in [0.1, 0.15) is 0 Å². The fourth-order valence-electron chi connectivity index (χ4n) is 0. The first-order valence-corrected chi connectivity index (χ1v) is 0. The van der Waals surface area contributed by atoms with E-state index in [1.807, 2.05) is 0 Å². The van der Waals surface area contributed by atoms with Crippen LogP contribution in [-0.2, 0) is 33.3 Å². The molecule has 0 aliphatic heterocycles. The summed E-state index contributed by atoms with van der Waals surface area (Å²) >= 11 is 0. The van der Waals surface area contributed by atoms with Crippen LogP contribution in [-0.4, -0.2) is 45.9 Å². The molecule has 0 aromatic rings. The van der Waals surface area contributed by atoms with Gasteiger partial charge in [0, 0.05) is 33.3 Å². The smallest absolute Gasteiger partial charge is 0.316 e. The van der Waals surface area contributed by atoms with Crippen molar-refractivity contribution < 1.29 is 38.7 Å². The molecular formula is H7AlCoMgNiO. The van der Waals surface area contributed by atoms with Crippen molar-refractivity contribution >= 4 is 40.4 Å². The zero-order valence-electron chi connectivity index (χ0n) is 1.15. The first-order valence-electron chi connectivity index (χ1n) is 0. The molecule has 0 bridgehead atoms. The molecule has 0 spiro atoms. The number of rotatable bonds is 0. The fourth-order valence-corrected chi connectivity index (χ4v) is 0. The monoisotopic (exact) mass is 191 g/mol. The fraction of sp³-hybridized carbons (Fsp3) is 0. The Morgan fingerprint density at radius 2 is 1.00 bits per heavy atom. The quantitative estimate of drug-likeness (QED) is 0.368. The van der Waals surface area contributed by atoms with Crippen molar-refractivity contribution in [1.82, 2.24) is 0 Å². The van der Waals surface area contributed by atoms with Crippen LogP contribution in [0.3, 0.4) is 0 Å². The zero-order valence-corrected chi connectivity index (χ0v) is 3.18. The molecule has 1 radical (unpaired) electrons. The summed E-state index contributed by atoms with van der Waals surface area (Å²) < 4.78 is 0. The Labute approximate surface area is 78.4 Å². The maximum atomic E-state index is 0. The van der Waals surface area contributed by atoms with Crippen LogP contribution in [0.4, 0.5) is 0 Å². The molecular weight excluding hydrogens is 185 g/mol. The minimum atomic E-state index is 0. The summed E-state index contributed by atoms with van der Waals surface area (Å²) in [5.74, 6) is 0. The third-order valence-electron chi connectivity index (χ3n) is 0. The molecule has 37 valence electrons. The van der Waals surface area contributed by atoms with Crippen LogP contribution in [0, 0.1) is 0 Å². The Balaban J connectivity index is 0. The maximum Gasteiger partial charge on any atom is 0.316 e. The van der Waals surface area contributed by atoms with Gasteiger partial charge in [0.15, 0.2) is 17.4 Å². The van der Waals surface area contributed by atoms with Gasteiger partial charge in [0.25, 0.3) is 0 Å². The maximum absolute atomic E-state index is 0. The Kier molecular flexibility index (Phi) is 378. The summed E-state index contributed by atoms with van der Waals surface area (Å²) in [5, 5.41) is 0. The van der Waals surface area contributed by atoms with Crippen LogP contribution < -0.4 is 0 Å². The third kappa shape index (κ3) is 22.2. The summed E-state index contributed by atoms with van der Waals surface area (Å²) in [6.07, 6.45) is 0. The van der Waals surface area contributed by atoms with Crippen molar-refractivity contribution in [2.24, 2.45) is 0 Å². The van der Waals surface area contributed by atoms with E-state index in [0.717, 1.165) is 0 Å². The molecule has 0 saturated heterocycles. The Bertz CT molecular complexity index is 11.6. The van der Waals surface area contributed by atoms with Gasteiger partial charge < -0.3 is 5.48 Å². The predicted molar refractivity (Wildman–Crippen MR) is 22.1 cm³/mol. The average molecular weight is 192 g/mol. The van der Waals surface area contributed by atoms with E-state index in [2.05, 4.69) is 0 Å². The second-order valence-corrected chi connectivity index (χ2v) is 0. The molecule has 0 aliphatic carbocycles. The second-order valence-electron chi connectivity index (χ2n) is 0. The van der Waals surface area contributed by atoms with Crippen molar-refractivity contribution in [3.63, 3.8) is 0 Å². The number of hydrogen-bond donors (Lipinski definition) is 0. The van der Waals surface area contributed by atoms with Crippen LogP contribution in [0.2, 0.25) is 0 Å². The standard InChI is InChI=1S/Al.Co.Mg.Ni.H2O.5H/h;;;;1H2;;;;;. The summed E-state index contributed by atoms with van der Waals surface area (Å²) in [4.78, 5) is 0. The second kappa shape index (κ2) is 33.9. The van der Waals surface area contributed by atoms with E-state index < -0.39 is 0 Å². The van der Waals surface area contributed by atoms with Gasteiger partial charge in [-0.1, -0.05) is 0 Å². The van der Waals surface area contributed by atoms with Crippen molar-refractivity contribution in [3.8, 4) is 0 Å². The Hall–Kier alpha value is 2.26. The zero-order chi connectivity index (χ0) is 0. The molecule has 0 aromatic heterocycles. The molecule has 0 saturated carbocycles. The van der Waals surface area contributed by atoms with Crippen molar-refractivity contribution in [2.75, 3.05) is 0 Å². The van der Waals surface area contributed by atoms with Gasteiger partial charge >= 0.3 is 23.1 Å². The first kappa shape index (κ1) is 55.7. The number of hydrogen-bond acceptors (Lipinski definition) is 0. The minimum absolute atomic E-state index is 0. The molecule has 0 unspecified atom stereocenters. The first-order chi connectivity index (χ1) is 0. The molecule has 2 N–H and O–H groups in total. The SMILES string of the molecule is O.[AlH3].[Co].[MgH2].[Ni]. The largest absolute Gasteiger partial charge is 0.412 e. The molecule has 0 atom stereocenters. The summed E-state index contributed by atoms with van der Waals surface area (Å²) in [6, 6.07) is 0. The van der Waals surface area contributed by atoms with E-state index in [9.17, 15) is 0 Å². The molecule has 0 rings (SSSR count). The Morgan fingerprint density at radius 3 is 1.00 bits per heavy atom. The van der Waals surface area contributed by atoms with Crippen LogP contribution in [0.25, 0.3) is 0 Å². The molecule has 0 fully saturated rings. The van der Waals surface area contributed by atoms with Crippen molar-refractivity contribution in [3.05, 3.63) is 0 Å². The molecule has 0 aliphatic rings. The van der Waals surface area contributed by atoms with Crippen LogP contribution in [0.5, 0.6) is 0 Å². The van der Waals surface area contributed by atoms with E-state index in [1.165, 1.54) is 0 Å². The van der Waals surface area contributed by atoms with Gasteiger partial charge in [-0.25, -0.2) is 0 Å². The van der Waals surface area contributed by atoms with E-state index in [4.69, 9.17) is 0 Å². The van der Waals surface area contributed by atoms with Gasteiger partial charge in [-0.3, -0.25) is 0 Å². The summed E-state index contributed by atoms with van der Waals surface area (Å²) in [7, 11) is 0. The van der Waals surface area contributed by atoms with Crippen LogP contribution >= 0.6 is 0 Å². The molecule has 5 heavy (non-hydrogen) atoms. The Morgan fingerprint density at radius 1 is 1.00 bits per heavy atom.